The number of Topliss-reactive ketones (excluding diaryl/α,β-unsaturated/α-hetero) is 1. The van der Waals surface area contributed by atoms with Gasteiger partial charge in [0, 0.05) is 9.13 Å². The fourth-order valence-corrected chi connectivity index (χ4v) is 2.83. The van der Waals surface area contributed by atoms with Crippen molar-refractivity contribution in [1.82, 2.24) is 0 Å². The smallest absolute Gasteiger partial charge is 0.148 e. The molecule has 1 atom stereocenters. The van der Waals surface area contributed by atoms with Crippen LogP contribution in [0.2, 0.25) is 0 Å². The third-order valence-corrected chi connectivity index (χ3v) is 3.89. The van der Waals surface area contributed by atoms with Crippen LogP contribution in [0, 0.1) is 3.57 Å². The molecule has 0 bridgehead atoms. The summed E-state index contributed by atoms with van der Waals surface area (Å²) in [7, 11) is 1.61. The average Bonchev–Trinajstić information content (AvgIpc) is 2.16. The van der Waals surface area contributed by atoms with Crippen molar-refractivity contribution in [1.29, 1.82) is 0 Å². The normalized spacial score (nSPS) is 12.3. The second-order valence-electron chi connectivity index (χ2n) is 2.83. The van der Waals surface area contributed by atoms with Gasteiger partial charge in [0.05, 0.1) is 7.11 Å². The summed E-state index contributed by atoms with van der Waals surface area (Å²) in [6, 6.07) is 5.72. The number of halogens is 2. The number of rotatable bonds is 3. The van der Waals surface area contributed by atoms with Crippen LogP contribution in [0.5, 0.6) is 5.75 Å². The van der Waals surface area contributed by atoms with Crippen molar-refractivity contribution in [2.45, 2.75) is 11.8 Å². The minimum absolute atomic E-state index is 0.0763. The number of carbonyl (C=O) groups excluding carboxylic acids is 1. The molecule has 0 aliphatic rings. The highest BCUT2D eigenvalue weighted by Crippen LogP contribution is 2.35. The maximum Gasteiger partial charge on any atom is 0.148 e. The van der Waals surface area contributed by atoms with E-state index in [-0.39, 0.29) is 10.6 Å². The molecule has 0 saturated carbocycles. The van der Waals surface area contributed by atoms with Crippen molar-refractivity contribution in [3.05, 3.63) is 27.3 Å². The van der Waals surface area contributed by atoms with Crippen molar-refractivity contribution >= 4 is 44.3 Å². The van der Waals surface area contributed by atoms with Crippen molar-refractivity contribution in [3.8, 4) is 5.75 Å². The van der Waals surface area contributed by atoms with Gasteiger partial charge in [-0.2, -0.15) is 0 Å². The summed E-state index contributed by atoms with van der Waals surface area (Å²) in [6.07, 6.45) is 0. The Kier molecular flexibility index (Phi) is 4.37. The second kappa shape index (κ2) is 5.11. The first kappa shape index (κ1) is 12.0. The number of alkyl halides is 1. The molecule has 1 rings (SSSR count). The maximum atomic E-state index is 11.3. The molecular weight excluding hydrogens is 359 g/mol. The summed E-state index contributed by atoms with van der Waals surface area (Å²) in [5.41, 5.74) is 0.906. The fourth-order valence-electron chi connectivity index (χ4n) is 1.14. The lowest BCUT2D eigenvalue weighted by Crippen LogP contribution is -2.05. The highest BCUT2D eigenvalue weighted by atomic mass is 127. The van der Waals surface area contributed by atoms with Gasteiger partial charge in [0.1, 0.15) is 16.4 Å². The number of benzene rings is 1. The van der Waals surface area contributed by atoms with E-state index in [1.54, 1.807) is 14.0 Å². The number of methoxy groups -OCH3 is 1. The lowest BCUT2D eigenvalue weighted by Gasteiger charge is -2.13. The van der Waals surface area contributed by atoms with Crippen LogP contribution in [-0.2, 0) is 4.79 Å². The van der Waals surface area contributed by atoms with Crippen LogP contribution >= 0.6 is 38.5 Å². The molecule has 0 fully saturated rings. The lowest BCUT2D eigenvalue weighted by molar-refractivity contribution is -0.116. The first-order chi connectivity index (χ1) is 6.57. The van der Waals surface area contributed by atoms with E-state index < -0.39 is 0 Å². The first-order valence-corrected chi connectivity index (χ1v) is 6.04. The molecule has 0 saturated heterocycles. The highest BCUT2D eigenvalue weighted by molar-refractivity contribution is 14.1. The molecule has 1 unspecified atom stereocenters. The third kappa shape index (κ3) is 2.48. The van der Waals surface area contributed by atoms with E-state index >= 15 is 0 Å². The molecule has 1 aromatic rings. The lowest BCUT2D eigenvalue weighted by atomic mass is 10.1. The van der Waals surface area contributed by atoms with Crippen molar-refractivity contribution in [2.24, 2.45) is 0 Å². The Bertz CT molecular complexity index is 352. The Morgan fingerprint density at radius 1 is 1.57 bits per heavy atom. The standard InChI is InChI=1S/C10H10BrIO2/c1-6(13)10(11)9-7(12)4-3-5-8(9)14-2/h3-5,10H,1-2H3. The molecule has 0 amide bonds. The van der Waals surface area contributed by atoms with Crippen LogP contribution in [0.3, 0.4) is 0 Å². The Morgan fingerprint density at radius 2 is 2.21 bits per heavy atom. The van der Waals surface area contributed by atoms with Crippen molar-refractivity contribution < 1.29 is 9.53 Å². The van der Waals surface area contributed by atoms with E-state index in [0.29, 0.717) is 0 Å². The zero-order valence-electron chi connectivity index (χ0n) is 7.88. The van der Waals surface area contributed by atoms with Crippen LogP contribution < -0.4 is 4.74 Å². The Hall–Kier alpha value is -0.100. The van der Waals surface area contributed by atoms with Gasteiger partial charge in [0.25, 0.3) is 0 Å². The van der Waals surface area contributed by atoms with Gasteiger partial charge in [0.15, 0.2) is 0 Å². The Morgan fingerprint density at radius 3 is 2.71 bits per heavy atom. The molecule has 0 radical (unpaired) electrons. The van der Waals surface area contributed by atoms with Gasteiger partial charge < -0.3 is 4.74 Å². The van der Waals surface area contributed by atoms with Crippen LogP contribution in [0.25, 0.3) is 0 Å². The fraction of sp³-hybridized carbons (Fsp3) is 0.300. The summed E-state index contributed by atoms with van der Waals surface area (Å²) < 4.78 is 6.24. The SMILES string of the molecule is COc1cccc(I)c1C(Br)C(C)=O. The third-order valence-electron chi connectivity index (χ3n) is 1.84. The minimum atomic E-state index is -0.287. The molecule has 2 nitrogen and oxygen atoms in total. The minimum Gasteiger partial charge on any atom is -0.496 e. The van der Waals surface area contributed by atoms with Crippen LogP contribution in [-0.4, -0.2) is 12.9 Å². The van der Waals surface area contributed by atoms with E-state index in [2.05, 4.69) is 38.5 Å². The Balaban J connectivity index is 3.23. The monoisotopic (exact) mass is 368 g/mol. The summed E-state index contributed by atoms with van der Waals surface area (Å²) in [5.74, 6) is 0.821. The molecule has 4 heteroatoms. The van der Waals surface area contributed by atoms with Crippen molar-refractivity contribution in [2.75, 3.05) is 7.11 Å². The number of hydrogen-bond acceptors (Lipinski definition) is 2. The summed E-state index contributed by atoms with van der Waals surface area (Å²) in [4.78, 5) is 11.0. The summed E-state index contributed by atoms with van der Waals surface area (Å²) in [6.45, 7) is 1.56. The van der Waals surface area contributed by atoms with E-state index in [0.717, 1.165) is 14.9 Å². The van der Waals surface area contributed by atoms with Gasteiger partial charge in [-0.25, -0.2) is 0 Å². The molecule has 1 aromatic carbocycles. The zero-order chi connectivity index (χ0) is 10.7. The van der Waals surface area contributed by atoms with Crippen LogP contribution in [0.4, 0.5) is 0 Å². The molecule has 0 aromatic heterocycles. The van der Waals surface area contributed by atoms with Gasteiger partial charge in [0.2, 0.25) is 0 Å². The van der Waals surface area contributed by atoms with Gasteiger partial charge in [-0.3, -0.25) is 4.79 Å². The molecule has 0 spiro atoms. The predicted molar refractivity (Wildman–Crippen MR) is 68.1 cm³/mol. The van der Waals surface area contributed by atoms with Crippen LogP contribution in [0.15, 0.2) is 18.2 Å². The molecule has 0 aliphatic heterocycles. The topological polar surface area (TPSA) is 26.3 Å². The molecule has 0 aliphatic carbocycles. The maximum absolute atomic E-state index is 11.3. The van der Waals surface area contributed by atoms with Crippen LogP contribution in [0.1, 0.15) is 17.3 Å². The highest BCUT2D eigenvalue weighted by Gasteiger charge is 2.19. The molecular formula is C10H10BrIO2. The first-order valence-electron chi connectivity index (χ1n) is 4.05. The Labute approximate surface area is 105 Å². The largest absolute Gasteiger partial charge is 0.496 e. The van der Waals surface area contributed by atoms with E-state index in [4.69, 9.17) is 4.74 Å². The van der Waals surface area contributed by atoms with E-state index in [1.807, 2.05) is 18.2 Å². The quantitative estimate of drug-likeness (QED) is 0.604. The predicted octanol–water partition coefficient (Wildman–Crippen LogP) is 3.32. The summed E-state index contributed by atoms with van der Waals surface area (Å²) >= 11 is 5.55. The summed E-state index contributed by atoms with van der Waals surface area (Å²) in [5, 5.41) is 0. The zero-order valence-corrected chi connectivity index (χ0v) is 11.6. The number of carbonyl (C=O) groups is 1. The molecule has 14 heavy (non-hydrogen) atoms. The molecule has 76 valence electrons. The van der Waals surface area contributed by atoms with Gasteiger partial charge in [-0.15, -0.1) is 0 Å². The van der Waals surface area contributed by atoms with Gasteiger partial charge in [-0.1, -0.05) is 22.0 Å². The second-order valence-corrected chi connectivity index (χ2v) is 4.91. The van der Waals surface area contributed by atoms with E-state index in [1.165, 1.54) is 0 Å². The van der Waals surface area contributed by atoms with Gasteiger partial charge >= 0.3 is 0 Å². The number of ether oxygens (including phenoxy) is 1. The molecule has 0 heterocycles. The number of hydrogen-bond donors (Lipinski definition) is 0. The number of ketones is 1. The van der Waals surface area contributed by atoms with Crippen molar-refractivity contribution in [3.63, 3.8) is 0 Å². The van der Waals surface area contributed by atoms with Gasteiger partial charge in [-0.05, 0) is 41.6 Å². The molecule has 0 N–H and O–H groups in total. The average molecular weight is 369 g/mol. The van der Waals surface area contributed by atoms with E-state index in [9.17, 15) is 4.79 Å².